The number of nitrogens with one attached hydrogen (secondary N) is 1. The summed E-state index contributed by atoms with van der Waals surface area (Å²) in [6, 6.07) is 3.91. The van der Waals surface area contributed by atoms with E-state index in [1.165, 1.54) is 25.7 Å². The van der Waals surface area contributed by atoms with E-state index in [0.29, 0.717) is 11.5 Å². The third-order valence-electron chi connectivity index (χ3n) is 5.69. The van der Waals surface area contributed by atoms with Gasteiger partial charge in [0.1, 0.15) is 17.3 Å². The summed E-state index contributed by atoms with van der Waals surface area (Å²) in [5, 5.41) is 3.19. The second kappa shape index (κ2) is 9.15. The van der Waals surface area contributed by atoms with E-state index >= 15 is 0 Å². The summed E-state index contributed by atoms with van der Waals surface area (Å²) in [7, 11) is 0. The maximum Gasteiger partial charge on any atom is 0.270 e. The predicted molar refractivity (Wildman–Crippen MR) is 112 cm³/mol. The zero-order chi connectivity index (χ0) is 20.1. The number of hydrogen-bond acceptors (Lipinski definition) is 7. The fourth-order valence-corrected chi connectivity index (χ4v) is 4.10. The Morgan fingerprint density at radius 1 is 0.966 bits per heavy atom. The summed E-state index contributed by atoms with van der Waals surface area (Å²) in [5.41, 5.74) is 0.463. The molecule has 0 spiro atoms. The van der Waals surface area contributed by atoms with E-state index in [1.807, 2.05) is 19.1 Å². The molecule has 1 saturated heterocycles. The molecule has 2 aromatic heterocycles. The van der Waals surface area contributed by atoms with E-state index in [1.54, 1.807) is 12.4 Å². The van der Waals surface area contributed by atoms with E-state index < -0.39 is 0 Å². The van der Waals surface area contributed by atoms with Crippen LogP contribution in [0.1, 0.15) is 54.8 Å². The number of carbonyl (C=O) groups excluding carboxylic acids is 1. The molecule has 1 aliphatic carbocycles. The van der Waals surface area contributed by atoms with Gasteiger partial charge in [0.05, 0.1) is 0 Å². The van der Waals surface area contributed by atoms with E-state index in [0.717, 1.165) is 50.8 Å². The lowest BCUT2D eigenvalue weighted by atomic mass is 10.1. The topological polar surface area (TPSA) is 87.1 Å². The number of aromatic nitrogens is 4. The van der Waals surface area contributed by atoms with Crippen LogP contribution in [0.5, 0.6) is 0 Å². The van der Waals surface area contributed by atoms with Gasteiger partial charge in [-0.2, -0.15) is 0 Å². The Morgan fingerprint density at radius 3 is 2.31 bits per heavy atom. The van der Waals surface area contributed by atoms with Crippen molar-refractivity contribution in [2.75, 3.05) is 36.0 Å². The van der Waals surface area contributed by atoms with Crippen molar-refractivity contribution in [3.63, 3.8) is 0 Å². The molecule has 8 heteroatoms. The Labute approximate surface area is 171 Å². The van der Waals surface area contributed by atoms with Gasteiger partial charge in [-0.05, 0) is 25.8 Å². The Bertz CT molecular complexity index is 813. The van der Waals surface area contributed by atoms with Gasteiger partial charge in [0, 0.05) is 50.7 Å². The largest absolute Gasteiger partial charge is 0.353 e. The highest BCUT2D eigenvalue weighted by atomic mass is 16.1. The van der Waals surface area contributed by atoms with E-state index in [-0.39, 0.29) is 11.9 Å². The lowest BCUT2D eigenvalue weighted by molar-refractivity contribution is 0.0928. The molecule has 0 radical (unpaired) electrons. The molecule has 2 aromatic rings. The van der Waals surface area contributed by atoms with Crippen LogP contribution in [-0.4, -0.2) is 58.1 Å². The molecule has 0 atom stereocenters. The number of anilines is 2. The standard InChI is InChI=1S/C21H29N7O/c1-16-24-18(20(29)26-17-7-4-2-3-5-8-17)15-19(25-16)27-11-13-28(14-12-27)21-22-9-6-10-23-21/h6,9-10,15,17H,2-5,7-8,11-14H2,1H3,(H,26,29). The number of amides is 1. The SMILES string of the molecule is Cc1nc(C(=O)NC2CCCCCC2)cc(N2CCN(c3ncccn3)CC2)n1. The minimum absolute atomic E-state index is 0.0834. The monoisotopic (exact) mass is 395 g/mol. The lowest BCUT2D eigenvalue weighted by Crippen LogP contribution is -2.47. The van der Waals surface area contributed by atoms with Gasteiger partial charge >= 0.3 is 0 Å². The minimum Gasteiger partial charge on any atom is -0.353 e. The van der Waals surface area contributed by atoms with Gasteiger partial charge < -0.3 is 15.1 Å². The molecule has 1 amide bonds. The van der Waals surface area contributed by atoms with Crippen molar-refractivity contribution >= 4 is 17.7 Å². The Hall–Kier alpha value is -2.77. The summed E-state index contributed by atoms with van der Waals surface area (Å²) in [4.78, 5) is 34.8. The van der Waals surface area contributed by atoms with Crippen LogP contribution in [0.3, 0.4) is 0 Å². The molecule has 1 aliphatic heterocycles. The Kier molecular flexibility index (Phi) is 6.17. The first-order valence-corrected chi connectivity index (χ1v) is 10.6. The van der Waals surface area contributed by atoms with E-state index in [9.17, 15) is 4.79 Å². The second-order valence-electron chi connectivity index (χ2n) is 7.84. The van der Waals surface area contributed by atoms with Crippen LogP contribution < -0.4 is 15.1 Å². The van der Waals surface area contributed by atoms with Crippen LogP contribution >= 0.6 is 0 Å². The van der Waals surface area contributed by atoms with Gasteiger partial charge in [0.15, 0.2) is 0 Å². The first-order valence-electron chi connectivity index (χ1n) is 10.6. The molecule has 4 rings (SSSR count). The molecule has 154 valence electrons. The first kappa shape index (κ1) is 19.5. The maximum atomic E-state index is 12.8. The van der Waals surface area contributed by atoms with Gasteiger partial charge in [0.2, 0.25) is 5.95 Å². The fourth-order valence-electron chi connectivity index (χ4n) is 4.10. The molecule has 1 saturated carbocycles. The minimum atomic E-state index is -0.0834. The Balaban J connectivity index is 1.41. The summed E-state index contributed by atoms with van der Waals surface area (Å²) in [5.74, 6) is 2.12. The molecular weight excluding hydrogens is 366 g/mol. The highest BCUT2D eigenvalue weighted by Gasteiger charge is 2.22. The highest BCUT2D eigenvalue weighted by molar-refractivity contribution is 5.93. The van der Waals surface area contributed by atoms with Crippen molar-refractivity contribution in [1.82, 2.24) is 25.3 Å². The quantitative estimate of drug-likeness (QED) is 0.795. The molecule has 29 heavy (non-hydrogen) atoms. The van der Waals surface area contributed by atoms with Crippen molar-refractivity contribution in [3.8, 4) is 0 Å². The predicted octanol–water partition coefficient (Wildman–Crippen LogP) is 2.35. The van der Waals surface area contributed by atoms with Crippen LogP contribution in [0.2, 0.25) is 0 Å². The van der Waals surface area contributed by atoms with Crippen molar-refractivity contribution in [2.24, 2.45) is 0 Å². The van der Waals surface area contributed by atoms with Crippen LogP contribution in [0.4, 0.5) is 11.8 Å². The van der Waals surface area contributed by atoms with Crippen molar-refractivity contribution < 1.29 is 4.79 Å². The number of rotatable bonds is 4. The average molecular weight is 396 g/mol. The molecule has 3 heterocycles. The molecule has 0 bridgehead atoms. The van der Waals surface area contributed by atoms with Crippen molar-refractivity contribution in [1.29, 1.82) is 0 Å². The highest BCUT2D eigenvalue weighted by Crippen LogP contribution is 2.19. The first-order chi connectivity index (χ1) is 14.2. The maximum absolute atomic E-state index is 12.8. The fraction of sp³-hybridized carbons (Fsp3) is 0.571. The summed E-state index contributed by atoms with van der Waals surface area (Å²) in [6.45, 7) is 5.09. The van der Waals surface area contributed by atoms with Crippen LogP contribution in [-0.2, 0) is 0 Å². The zero-order valence-corrected chi connectivity index (χ0v) is 17.0. The molecule has 1 N–H and O–H groups in total. The lowest BCUT2D eigenvalue weighted by Gasteiger charge is -2.35. The van der Waals surface area contributed by atoms with E-state index in [4.69, 9.17) is 0 Å². The van der Waals surface area contributed by atoms with Gasteiger partial charge in [-0.15, -0.1) is 0 Å². The summed E-state index contributed by atoms with van der Waals surface area (Å²) < 4.78 is 0. The third kappa shape index (κ3) is 4.99. The molecular formula is C21H29N7O. The van der Waals surface area contributed by atoms with Gasteiger partial charge in [-0.3, -0.25) is 4.79 Å². The number of carbonyl (C=O) groups is 1. The zero-order valence-electron chi connectivity index (χ0n) is 17.0. The van der Waals surface area contributed by atoms with Crippen molar-refractivity contribution in [3.05, 3.63) is 36.0 Å². The summed E-state index contributed by atoms with van der Waals surface area (Å²) in [6.07, 6.45) is 10.6. The van der Waals surface area contributed by atoms with Gasteiger partial charge in [-0.25, -0.2) is 19.9 Å². The molecule has 8 nitrogen and oxygen atoms in total. The smallest absolute Gasteiger partial charge is 0.270 e. The number of piperazine rings is 1. The van der Waals surface area contributed by atoms with E-state index in [2.05, 4.69) is 35.1 Å². The van der Waals surface area contributed by atoms with Gasteiger partial charge in [0.25, 0.3) is 5.91 Å². The Morgan fingerprint density at radius 2 is 1.62 bits per heavy atom. The van der Waals surface area contributed by atoms with Crippen LogP contribution in [0.25, 0.3) is 0 Å². The molecule has 2 aliphatic rings. The van der Waals surface area contributed by atoms with Gasteiger partial charge in [-0.1, -0.05) is 25.7 Å². The second-order valence-corrected chi connectivity index (χ2v) is 7.84. The average Bonchev–Trinajstić information content (AvgIpc) is 3.03. The third-order valence-corrected chi connectivity index (χ3v) is 5.69. The number of hydrogen-bond donors (Lipinski definition) is 1. The van der Waals surface area contributed by atoms with Crippen LogP contribution in [0, 0.1) is 6.92 Å². The molecule has 0 unspecified atom stereocenters. The number of aryl methyl sites for hydroxylation is 1. The van der Waals surface area contributed by atoms with Crippen molar-refractivity contribution in [2.45, 2.75) is 51.5 Å². The number of nitrogens with zero attached hydrogens (tertiary/aromatic N) is 6. The molecule has 2 fully saturated rings. The van der Waals surface area contributed by atoms with Crippen LogP contribution in [0.15, 0.2) is 24.5 Å². The summed E-state index contributed by atoms with van der Waals surface area (Å²) >= 11 is 0. The molecule has 0 aromatic carbocycles. The normalized spacial score (nSPS) is 18.4.